The SMILES string of the molecule is COC[C@@]12CC[C@H](OC)[C@]34C([C@H]([C@H](OC)[C@H]13)[C@]1(OC(=O)C(O)CC(=O)O)[C@H]3[C@@H](OC(=O)c5ccccc5)[C@](O)(C[C@H]34)[C@@H](OC)[C@@H]1O)N(C)C2. The summed E-state index contributed by atoms with van der Waals surface area (Å²) in [4.78, 5) is 41.5. The molecule has 2 unspecified atom stereocenters. The molecule has 1 spiro atoms. The Kier molecular flexibility index (Phi) is 8.47. The van der Waals surface area contributed by atoms with Gasteiger partial charge in [0.25, 0.3) is 0 Å². The summed E-state index contributed by atoms with van der Waals surface area (Å²) in [6, 6.07) is 7.85. The smallest absolute Gasteiger partial charge is 0.338 e. The van der Waals surface area contributed by atoms with Crippen LogP contribution in [0.5, 0.6) is 0 Å². The third-order valence-electron chi connectivity index (χ3n) is 13.4. The number of aliphatic carboxylic acids is 1. The quantitative estimate of drug-likeness (QED) is 0.229. The molecular formula is C35H47NO13. The summed E-state index contributed by atoms with van der Waals surface area (Å²) < 4.78 is 37.3. The first-order chi connectivity index (χ1) is 23.3. The largest absolute Gasteiger partial charge is 0.481 e. The molecule has 1 aromatic rings. The van der Waals surface area contributed by atoms with Crippen LogP contribution in [0.1, 0.15) is 36.0 Å². The zero-order valence-electron chi connectivity index (χ0n) is 28.4. The van der Waals surface area contributed by atoms with Gasteiger partial charge < -0.3 is 53.7 Å². The number of aliphatic hydroxyl groups is 3. The fourth-order valence-corrected chi connectivity index (χ4v) is 12.5. The molecule has 7 bridgehead atoms. The molecule has 270 valence electrons. The Morgan fingerprint density at radius 2 is 1.73 bits per heavy atom. The van der Waals surface area contributed by atoms with Gasteiger partial charge in [0.2, 0.25) is 0 Å². The van der Waals surface area contributed by atoms with E-state index >= 15 is 0 Å². The van der Waals surface area contributed by atoms with Gasteiger partial charge in [0, 0.05) is 69.6 Å². The van der Waals surface area contributed by atoms with Gasteiger partial charge in [-0.15, -0.1) is 0 Å². The van der Waals surface area contributed by atoms with Gasteiger partial charge in [0.1, 0.15) is 23.9 Å². The average molecular weight is 690 g/mol. The number of ether oxygens (including phenoxy) is 6. The molecule has 0 radical (unpaired) electrons. The van der Waals surface area contributed by atoms with Crippen molar-refractivity contribution in [1.29, 1.82) is 0 Å². The van der Waals surface area contributed by atoms with Gasteiger partial charge in [-0.1, -0.05) is 18.2 Å². The highest BCUT2D eigenvalue weighted by atomic mass is 16.6. The second-order valence-electron chi connectivity index (χ2n) is 15.1. The normalized spacial score (nSPS) is 46.6. The number of rotatable bonds is 11. The Bertz CT molecular complexity index is 1480. The zero-order chi connectivity index (χ0) is 35.3. The molecular weight excluding hydrogens is 642 g/mol. The van der Waals surface area contributed by atoms with E-state index in [-0.39, 0.29) is 24.0 Å². The molecule has 1 aliphatic heterocycles. The highest BCUT2D eigenvalue weighted by Crippen LogP contribution is 2.80. The molecule has 0 aromatic heterocycles. The van der Waals surface area contributed by atoms with Crippen LogP contribution in [0.3, 0.4) is 0 Å². The minimum absolute atomic E-state index is 0.00384. The van der Waals surface area contributed by atoms with Crippen molar-refractivity contribution in [2.24, 2.45) is 34.5 Å². The number of methoxy groups -OCH3 is 4. The van der Waals surface area contributed by atoms with Crippen LogP contribution < -0.4 is 0 Å². The number of nitrogens with zero attached hydrogens (tertiary/aromatic N) is 1. The van der Waals surface area contributed by atoms with E-state index in [1.165, 1.54) is 7.11 Å². The van der Waals surface area contributed by atoms with Crippen molar-refractivity contribution in [3.8, 4) is 0 Å². The maximum Gasteiger partial charge on any atom is 0.338 e. The van der Waals surface area contributed by atoms with Crippen LogP contribution >= 0.6 is 0 Å². The van der Waals surface area contributed by atoms with E-state index < -0.39 is 101 Å². The van der Waals surface area contributed by atoms with E-state index in [1.54, 1.807) is 51.7 Å². The summed E-state index contributed by atoms with van der Waals surface area (Å²) >= 11 is 0. The summed E-state index contributed by atoms with van der Waals surface area (Å²) in [6.45, 7) is 0.995. The summed E-state index contributed by atoms with van der Waals surface area (Å²) in [5.41, 5.74) is -4.90. The number of hydrogen-bond donors (Lipinski definition) is 4. The molecule has 14 nitrogen and oxygen atoms in total. The highest BCUT2D eigenvalue weighted by molar-refractivity contribution is 5.89. The van der Waals surface area contributed by atoms with E-state index in [9.17, 15) is 34.8 Å². The minimum Gasteiger partial charge on any atom is -0.481 e. The van der Waals surface area contributed by atoms with Crippen molar-refractivity contribution in [2.45, 2.75) is 79.6 Å². The molecule has 1 saturated heterocycles. The predicted molar refractivity (Wildman–Crippen MR) is 167 cm³/mol. The average Bonchev–Trinajstić information content (AvgIpc) is 3.46. The van der Waals surface area contributed by atoms with Gasteiger partial charge in [-0.2, -0.15) is 0 Å². The maximum absolute atomic E-state index is 13.9. The number of carbonyl (C=O) groups is 3. The van der Waals surface area contributed by atoms with E-state index in [2.05, 4.69) is 4.90 Å². The van der Waals surface area contributed by atoms with E-state index in [4.69, 9.17) is 28.4 Å². The second-order valence-corrected chi connectivity index (χ2v) is 15.1. The highest BCUT2D eigenvalue weighted by Gasteiger charge is 2.91. The van der Waals surface area contributed by atoms with Crippen LogP contribution in [0.4, 0.5) is 0 Å². The molecule has 5 saturated carbocycles. The summed E-state index contributed by atoms with van der Waals surface area (Å²) in [5.74, 6) is -6.12. The van der Waals surface area contributed by atoms with Crippen LogP contribution in [0.2, 0.25) is 0 Å². The van der Waals surface area contributed by atoms with E-state index in [0.29, 0.717) is 19.6 Å². The Morgan fingerprint density at radius 1 is 1.02 bits per heavy atom. The minimum atomic E-state index is -2.06. The number of piperidine rings is 1. The van der Waals surface area contributed by atoms with Gasteiger partial charge in [-0.25, -0.2) is 9.59 Å². The number of carboxylic acids is 1. The van der Waals surface area contributed by atoms with E-state index in [0.717, 1.165) is 6.42 Å². The molecule has 1 heterocycles. The molecule has 5 aliphatic carbocycles. The monoisotopic (exact) mass is 689 g/mol. The third-order valence-corrected chi connectivity index (χ3v) is 13.4. The van der Waals surface area contributed by atoms with Crippen LogP contribution in [-0.2, 0) is 38.0 Å². The number of esters is 2. The van der Waals surface area contributed by atoms with E-state index in [1.807, 2.05) is 7.05 Å². The number of hydrogen-bond acceptors (Lipinski definition) is 13. The number of fused-ring (bicyclic) bond motifs is 2. The van der Waals surface area contributed by atoms with Gasteiger partial charge in [-0.05, 0) is 44.4 Å². The van der Waals surface area contributed by atoms with Crippen LogP contribution in [0, 0.1) is 34.5 Å². The molecule has 7 rings (SSSR count). The number of likely N-dealkylation sites (tertiary alicyclic amines) is 1. The first kappa shape index (κ1) is 34.7. The van der Waals surface area contributed by atoms with Crippen LogP contribution in [0.15, 0.2) is 30.3 Å². The number of carboxylic acid groups (broad SMARTS) is 1. The summed E-state index contributed by atoms with van der Waals surface area (Å²) in [6.07, 6.45) is -7.08. The van der Waals surface area contributed by atoms with Crippen LogP contribution in [0.25, 0.3) is 0 Å². The number of benzene rings is 1. The lowest BCUT2D eigenvalue weighted by molar-refractivity contribution is -0.318. The Hall–Kier alpha value is -2.69. The molecule has 4 N–H and O–H groups in total. The molecule has 15 atom stereocenters. The Balaban J connectivity index is 1.50. The van der Waals surface area contributed by atoms with Crippen molar-refractivity contribution < 1.29 is 63.2 Å². The lowest BCUT2D eigenvalue weighted by Gasteiger charge is -2.69. The lowest BCUT2D eigenvalue weighted by atomic mass is 9.43. The van der Waals surface area contributed by atoms with Gasteiger partial charge in [-0.3, -0.25) is 4.79 Å². The standard InChI is InChI=1S/C35H47NO13/c1-36-15-32(16-44-2)12-11-20(45-3)34-18-14-33(43)28(48-30(41)17-9-7-6-8-10-17)22(18)35(27(40)29(33)47-5,49-31(42)19(37)13-21(38)39)23(26(34)36)24(46-4)25(32)34/h6-10,18-20,22-29,37,40,43H,11-16H2,1-5H3,(H,38,39)/t18-,19?,20+,22-,23+,24+,25-,26?,27+,28-,29+,32+,33-,34+,35-/m1/s1. The van der Waals surface area contributed by atoms with Crippen molar-refractivity contribution in [1.82, 2.24) is 4.90 Å². The third kappa shape index (κ3) is 4.32. The second kappa shape index (κ2) is 11.9. The molecule has 1 aromatic carbocycles. The van der Waals surface area contributed by atoms with Gasteiger partial charge >= 0.3 is 17.9 Å². The first-order valence-corrected chi connectivity index (χ1v) is 16.9. The van der Waals surface area contributed by atoms with Gasteiger partial charge in [0.05, 0.1) is 30.8 Å². The van der Waals surface area contributed by atoms with Crippen LogP contribution in [-0.4, -0.2) is 146 Å². The predicted octanol–water partition coefficient (Wildman–Crippen LogP) is 0.103. The molecule has 6 fully saturated rings. The van der Waals surface area contributed by atoms with Crippen molar-refractivity contribution in [2.75, 3.05) is 48.6 Å². The number of aliphatic hydroxyl groups excluding tert-OH is 2. The fraction of sp³-hybridized carbons (Fsp3) is 0.743. The Morgan fingerprint density at radius 3 is 2.35 bits per heavy atom. The molecule has 0 amide bonds. The molecule has 49 heavy (non-hydrogen) atoms. The molecule has 6 aliphatic rings. The molecule has 14 heteroatoms. The lowest BCUT2D eigenvalue weighted by Crippen LogP contribution is -2.80. The van der Waals surface area contributed by atoms with Crippen molar-refractivity contribution >= 4 is 17.9 Å². The first-order valence-electron chi connectivity index (χ1n) is 16.9. The summed E-state index contributed by atoms with van der Waals surface area (Å²) in [5, 5.41) is 45.6. The maximum atomic E-state index is 13.9. The fourth-order valence-electron chi connectivity index (χ4n) is 12.5. The van der Waals surface area contributed by atoms with Crippen molar-refractivity contribution in [3.63, 3.8) is 0 Å². The van der Waals surface area contributed by atoms with Gasteiger partial charge in [0.15, 0.2) is 11.7 Å². The summed E-state index contributed by atoms with van der Waals surface area (Å²) in [7, 11) is 8.18. The zero-order valence-corrected chi connectivity index (χ0v) is 28.4. The Labute approximate surface area is 284 Å². The topological polar surface area (TPSA) is 191 Å². The van der Waals surface area contributed by atoms with Crippen molar-refractivity contribution in [3.05, 3.63) is 35.9 Å². The number of carbonyl (C=O) groups excluding carboxylic acids is 2.